The highest BCUT2D eigenvalue weighted by atomic mass is 19.2. The standard InChI is InChI=1S/C10H15F5/c1-3-4(2)5-6(11)8(13)10(15)9(14)7(5)12/h4-10H,3H2,1-2H3. The quantitative estimate of drug-likeness (QED) is 0.638. The van der Waals surface area contributed by atoms with Crippen molar-refractivity contribution >= 4 is 0 Å². The van der Waals surface area contributed by atoms with E-state index in [9.17, 15) is 22.0 Å². The molecule has 0 aromatic carbocycles. The first kappa shape index (κ1) is 12.7. The fourth-order valence-electron chi connectivity index (χ4n) is 2.03. The van der Waals surface area contributed by atoms with Crippen LogP contribution in [-0.4, -0.2) is 30.9 Å². The minimum absolute atomic E-state index is 0.405. The van der Waals surface area contributed by atoms with E-state index in [4.69, 9.17) is 0 Å². The van der Waals surface area contributed by atoms with Crippen LogP contribution in [0.2, 0.25) is 0 Å². The van der Waals surface area contributed by atoms with Gasteiger partial charge in [0.05, 0.1) is 0 Å². The molecule has 0 radical (unpaired) electrons. The third kappa shape index (κ3) is 2.11. The van der Waals surface area contributed by atoms with Crippen molar-refractivity contribution in [1.82, 2.24) is 0 Å². The normalized spacial score (nSPS) is 49.0. The van der Waals surface area contributed by atoms with E-state index < -0.39 is 42.7 Å². The largest absolute Gasteiger partial charge is 0.244 e. The van der Waals surface area contributed by atoms with Crippen molar-refractivity contribution in [1.29, 1.82) is 0 Å². The Labute approximate surface area is 85.8 Å². The van der Waals surface area contributed by atoms with Gasteiger partial charge in [-0.15, -0.1) is 0 Å². The summed E-state index contributed by atoms with van der Waals surface area (Å²) in [5.74, 6) is -1.88. The number of hydrogen-bond donors (Lipinski definition) is 0. The summed E-state index contributed by atoms with van der Waals surface area (Å²) in [5, 5.41) is 0. The highest BCUT2D eigenvalue weighted by molar-refractivity contribution is 5.00. The summed E-state index contributed by atoms with van der Waals surface area (Å²) in [5.41, 5.74) is 0. The van der Waals surface area contributed by atoms with Crippen molar-refractivity contribution in [2.45, 2.75) is 51.1 Å². The molecule has 0 nitrogen and oxygen atoms in total. The molecule has 0 bridgehead atoms. The van der Waals surface area contributed by atoms with Gasteiger partial charge in [0.25, 0.3) is 0 Å². The first-order valence-corrected chi connectivity index (χ1v) is 5.12. The molecule has 0 saturated heterocycles. The first-order chi connectivity index (χ1) is 6.91. The fourth-order valence-corrected chi connectivity index (χ4v) is 2.03. The summed E-state index contributed by atoms with van der Waals surface area (Å²) in [6, 6.07) is 0. The van der Waals surface area contributed by atoms with Gasteiger partial charge in [0.15, 0.2) is 18.5 Å². The molecule has 5 heteroatoms. The molecule has 0 heterocycles. The molecule has 0 spiro atoms. The summed E-state index contributed by atoms with van der Waals surface area (Å²) in [6.45, 7) is 3.19. The van der Waals surface area contributed by atoms with Crippen LogP contribution in [0.1, 0.15) is 20.3 Å². The van der Waals surface area contributed by atoms with Crippen LogP contribution in [0.4, 0.5) is 22.0 Å². The van der Waals surface area contributed by atoms with Gasteiger partial charge in [0.1, 0.15) is 12.3 Å². The number of hydrogen-bond acceptors (Lipinski definition) is 0. The molecule has 0 amide bonds. The lowest BCUT2D eigenvalue weighted by molar-refractivity contribution is -0.103. The predicted molar refractivity (Wildman–Crippen MR) is 47.4 cm³/mol. The second-order valence-corrected chi connectivity index (χ2v) is 4.19. The molecule has 0 N–H and O–H groups in total. The van der Waals surface area contributed by atoms with Gasteiger partial charge >= 0.3 is 0 Å². The molecule has 1 aliphatic carbocycles. The van der Waals surface area contributed by atoms with Crippen LogP contribution in [0.5, 0.6) is 0 Å². The molecule has 1 saturated carbocycles. The average molecular weight is 230 g/mol. The van der Waals surface area contributed by atoms with Crippen molar-refractivity contribution in [3.63, 3.8) is 0 Å². The Morgan fingerprint density at radius 3 is 1.47 bits per heavy atom. The zero-order chi connectivity index (χ0) is 11.7. The second kappa shape index (κ2) is 4.66. The molecule has 0 aromatic rings. The molecule has 5 unspecified atom stereocenters. The minimum atomic E-state index is -2.68. The van der Waals surface area contributed by atoms with Crippen molar-refractivity contribution in [3.8, 4) is 0 Å². The maximum atomic E-state index is 13.3. The summed E-state index contributed by atoms with van der Waals surface area (Å²) in [6.07, 6.45) is -11.9. The smallest absolute Gasteiger partial charge is 0.168 e. The Hall–Kier alpha value is -0.350. The maximum absolute atomic E-state index is 13.3. The zero-order valence-corrected chi connectivity index (χ0v) is 8.64. The van der Waals surface area contributed by atoms with Crippen LogP contribution in [0.15, 0.2) is 0 Å². The van der Waals surface area contributed by atoms with Crippen LogP contribution in [0.25, 0.3) is 0 Å². The second-order valence-electron chi connectivity index (χ2n) is 4.19. The van der Waals surface area contributed by atoms with E-state index in [0.717, 1.165) is 0 Å². The van der Waals surface area contributed by atoms with Gasteiger partial charge in [-0.1, -0.05) is 20.3 Å². The molecule has 90 valence electrons. The van der Waals surface area contributed by atoms with Gasteiger partial charge in [-0.3, -0.25) is 0 Å². The summed E-state index contributed by atoms with van der Waals surface area (Å²) < 4.78 is 65.4. The van der Waals surface area contributed by atoms with E-state index in [-0.39, 0.29) is 0 Å². The van der Waals surface area contributed by atoms with E-state index >= 15 is 0 Å². The van der Waals surface area contributed by atoms with Gasteiger partial charge in [-0.2, -0.15) is 0 Å². The first-order valence-electron chi connectivity index (χ1n) is 5.12. The fraction of sp³-hybridized carbons (Fsp3) is 1.00. The molecule has 0 aliphatic heterocycles. The zero-order valence-electron chi connectivity index (χ0n) is 8.64. The Bertz CT molecular complexity index is 194. The molecule has 1 rings (SSSR count). The van der Waals surface area contributed by atoms with Crippen LogP contribution >= 0.6 is 0 Å². The third-order valence-corrected chi connectivity index (χ3v) is 3.25. The molecule has 0 aromatic heterocycles. The van der Waals surface area contributed by atoms with Crippen LogP contribution < -0.4 is 0 Å². The molecule has 5 atom stereocenters. The maximum Gasteiger partial charge on any atom is 0.168 e. The molecular formula is C10H15F5. The van der Waals surface area contributed by atoms with Crippen LogP contribution in [0, 0.1) is 11.8 Å². The Kier molecular flexibility index (Phi) is 3.95. The van der Waals surface area contributed by atoms with Crippen molar-refractivity contribution in [3.05, 3.63) is 0 Å². The van der Waals surface area contributed by atoms with Gasteiger partial charge in [0.2, 0.25) is 0 Å². The van der Waals surface area contributed by atoms with Gasteiger partial charge in [-0.05, 0) is 5.92 Å². The Morgan fingerprint density at radius 1 is 0.800 bits per heavy atom. The highest BCUT2D eigenvalue weighted by Gasteiger charge is 2.54. The highest BCUT2D eigenvalue weighted by Crippen LogP contribution is 2.40. The Morgan fingerprint density at radius 2 is 1.13 bits per heavy atom. The summed E-state index contributed by atoms with van der Waals surface area (Å²) in [4.78, 5) is 0. The van der Waals surface area contributed by atoms with Crippen LogP contribution in [0.3, 0.4) is 0 Å². The van der Waals surface area contributed by atoms with E-state index in [1.807, 2.05) is 0 Å². The van der Waals surface area contributed by atoms with E-state index in [2.05, 4.69) is 0 Å². The van der Waals surface area contributed by atoms with Crippen molar-refractivity contribution in [2.24, 2.45) is 11.8 Å². The van der Waals surface area contributed by atoms with E-state index in [1.165, 1.54) is 6.92 Å². The monoisotopic (exact) mass is 230 g/mol. The predicted octanol–water partition coefficient (Wildman–Crippen LogP) is 3.35. The van der Waals surface area contributed by atoms with Gasteiger partial charge < -0.3 is 0 Å². The van der Waals surface area contributed by atoms with E-state index in [1.54, 1.807) is 6.92 Å². The molecule has 1 aliphatic rings. The third-order valence-electron chi connectivity index (χ3n) is 3.25. The average Bonchev–Trinajstić information content (AvgIpc) is 2.23. The summed E-state index contributed by atoms with van der Waals surface area (Å²) >= 11 is 0. The molecule has 1 fully saturated rings. The van der Waals surface area contributed by atoms with Crippen molar-refractivity contribution < 1.29 is 22.0 Å². The summed E-state index contributed by atoms with van der Waals surface area (Å²) in [7, 11) is 0. The number of rotatable bonds is 2. The van der Waals surface area contributed by atoms with Gasteiger partial charge in [-0.25, -0.2) is 22.0 Å². The SMILES string of the molecule is CCC(C)C1C(F)C(F)C(F)C(F)C1F. The molecule has 15 heavy (non-hydrogen) atoms. The topological polar surface area (TPSA) is 0 Å². The molecular weight excluding hydrogens is 215 g/mol. The van der Waals surface area contributed by atoms with Gasteiger partial charge in [0, 0.05) is 5.92 Å². The van der Waals surface area contributed by atoms with E-state index in [0.29, 0.717) is 6.42 Å². The van der Waals surface area contributed by atoms with Crippen LogP contribution in [-0.2, 0) is 0 Å². The minimum Gasteiger partial charge on any atom is -0.244 e. The lowest BCUT2D eigenvalue weighted by atomic mass is 9.75. The number of alkyl halides is 5. The Balaban J connectivity index is 2.86. The lowest BCUT2D eigenvalue weighted by Gasteiger charge is -2.39. The number of halogens is 5. The van der Waals surface area contributed by atoms with Crippen molar-refractivity contribution in [2.75, 3.05) is 0 Å². The lowest BCUT2D eigenvalue weighted by Crippen LogP contribution is -2.55.